The first-order valence-corrected chi connectivity index (χ1v) is 12.1. The van der Waals surface area contributed by atoms with Gasteiger partial charge < -0.3 is 20.1 Å². The second-order valence-electron chi connectivity index (χ2n) is 7.53. The Labute approximate surface area is 204 Å². The van der Waals surface area contributed by atoms with E-state index in [1.807, 2.05) is 37.3 Å². The number of methoxy groups -OCH3 is 2. The summed E-state index contributed by atoms with van der Waals surface area (Å²) in [6.07, 6.45) is 0. The highest BCUT2D eigenvalue weighted by molar-refractivity contribution is 7.92. The summed E-state index contributed by atoms with van der Waals surface area (Å²) in [5.41, 5.74) is 2.75. The lowest BCUT2D eigenvalue weighted by molar-refractivity contribution is 0.403. The molecule has 0 spiro atoms. The third kappa shape index (κ3) is 5.98. The molecule has 3 aromatic carbocycles. The summed E-state index contributed by atoms with van der Waals surface area (Å²) in [4.78, 5) is 9.01. The zero-order valence-electron chi connectivity index (χ0n) is 19.4. The molecule has 0 fully saturated rings. The molecule has 0 amide bonds. The van der Waals surface area contributed by atoms with Gasteiger partial charge >= 0.3 is 0 Å². The lowest BCUT2D eigenvalue weighted by Gasteiger charge is -2.13. The standard InChI is InChI=1S/C25H25N5O4S/c1-17-16-24(27-18-12-14-21(33-2)15-13-18)29-25(26-17)28-19-8-10-20(11-9-19)30-35(31,32)23-7-5-4-6-22(23)34-3/h4-16,30H,1-3H3,(H2,26,27,28,29). The number of anilines is 5. The van der Waals surface area contributed by atoms with Gasteiger partial charge in [0.1, 0.15) is 22.2 Å². The monoisotopic (exact) mass is 491 g/mol. The molecular formula is C25H25N5O4S. The summed E-state index contributed by atoms with van der Waals surface area (Å²) < 4.78 is 38.5. The van der Waals surface area contributed by atoms with E-state index >= 15 is 0 Å². The van der Waals surface area contributed by atoms with E-state index in [1.54, 1.807) is 49.6 Å². The molecule has 4 aromatic rings. The highest BCUT2D eigenvalue weighted by atomic mass is 32.2. The average Bonchev–Trinajstić information content (AvgIpc) is 2.85. The number of benzene rings is 3. The van der Waals surface area contributed by atoms with Crippen LogP contribution in [0.5, 0.6) is 11.5 Å². The second kappa shape index (κ2) is 10.3. The maximum atomic E-state index is 12.8. The van der Waals surface area contributed by atoms with Crippen molar-refractivity contribution in [1.29, 1.82) is 0 Å². The number of ether oxygens (including phenoxy) is 2. The Morgan fingerprint density at radius 1 is 0.743 bits per heavy atom. The smallest absolute Gasteiger partial charge is 0.265 e. The third-order valence-electron chi connectivity index (χ3n) is 4.97. The van der Waals surface area contributed by atoms with Gasteiger partial charge in [-0.15, -0.1) is 0 Å². The number of nitrogens with zero attached hydrogens (tertiary/aromatic N) is 2. The SMILES string of the molecule is COc1ccc(Nc2cc(C)nc(Nc3ccc(NS(=O)(=O)c4ccccc4OC)cc3)n2)cc1. The quantitative estimate of drug-likeness (QED) is 0.297. The summed E-state index contributed by atoms with van der Waals surface area (Å²) in [5.74, 6) is 2.08. The molecule has 0 aliphatic heterocycles. The van der Waals surface area contributed by atoms with Crippen molar-refractivity contribution in [3.8, 4) is 11.5 Å². The number of para-hydroxylation sites is 1. The molecule has 35 heavy (non-hydrogen) atoms. The van der Waals surface area contributed by atoms with Crippen LogP contribution >= 0.6 is 0 Å². The summed E-state index contributed by atoms with van der Waals surface area (Å²) >= 11 is 0. The van der Waals surface area contributed by atoms with Gasteiger partial charge in [-0.1, -0.05) is 12.1 Å². The molecule has 9 nitrogen and oxygen atoms in total. The maximum absolute atomic E-state index is 12.8. The van der Waals surface area contributed by atoms with Gasteiger partial charge in [-0.3, -0.25) is 4.72 Å². The molecule has 0 saturated carbocycles. The van der Waals surface area contributed by atoms with E-state index in [-0.39, 0.29) is 10.6 Å². The Kier molecular flexibility index (Phi) is 7.02. The van der Waals surface area contributed by atoms with E-state index in [1.165, 1.54) is 13.2 Å². The Morgan fingerprint density at radius 2 is 1.37 bits per heavy atom. The molecule has 10 heteroatoms. The molecule has 0 saturated heterocycles. The molecule has 0 radical (unpaired) electrons. The van der Waals surface area contributed by atoms with Gasteiger partial charge in [-0.2, -0.15) is 4.98 Å². The van der Waals surface area contributed by atoms with Gasteiger partial charge in [0.25, 0.3) is 10.0 Å². The normalized spacial score (nSPS) is 10.9. The van der Waals surface area contributed by atoms with Crippen LogP contribution in [0.25, 0.3) is 0 Å². The topological polar surface area (TPSA) is 114 Å². The Hall–Kier alpha value is -4.31. The lowest BCUT2D eigenvalue weighted by atomic mass is 10.3. The predicted molar refractivity (Wildman–Crippen MR) is 137 cm³/mol. The van der Waals surface area contributed by atoms with Crippen molar-refractivity contribution < 1.29 is 17.9 Å². The van der Waals surface area contributed by atoms with Crippen LogP contribution in [0.1, 0.15) is 5.69 Å². The fourth-order valence-corrected chi connectivity index (χ4v) is 4.54. The molecular weight excluding hydrogens is 466 g/mol. The number of hydrogen-bond acceptors (Lipinski definition) is 8. The van der Waals surface area contributed by atoms with Gasteiger partial charge in [-0.05, 0) is 67.6 Å². The molecule has 0 aliphatic rings. The van der Waals surface area contributed by atoms with Crippen LogP contribution in [-0.2, 0) is 10.0 Å². The van der Waals surface area contributed by atoms with E-state index < -0.39 is 10.0 Å². The zero-order valence-corrected chi connectivity index (χ0v) is 20.3. The van der Waals surface area contributed by atoms with Gasteiger partial charge in [0.05, 0.1) is 14.2 Å². The van der Waals surface area contributed by atoms with Crippen molar-refractivity contribution in [3.63, 3.8) is 0 Å². The van der Waals surface area contributed by atoms with Gasteiger partial charge in [-0.25, -0.2) is 13.4 Å². The summed E-state index contributed by atoms with van der Waals surface area (Å²) in [5, 5.41) is 6.40. The van der Waals surface area contributed by atoms with E-state index in [0.29, 0.717) is 23.1 Å². The van der Waals surface area contributed by atoms with Crippen molar-refractivity contribution in [2.45, 2.75) is 11.8 Å². The molecule has 0 unspecified atom stereocenters. The molecule has 1 heterocycles. The Balaban J connectivity index is 1.46. The van der Waals surface area contributed by atoms with Crippen molar-refractivity contribution in [1.82, 2.24) is 9.97 Å². The van der Waals surface area contributed by atoms with E-state index in [0.717, 1.165) is 17.1 Å². The minimum absolute atomic E-state index is 0.0646. The number of rotatable bonds is 9. The summed E-state index contributed by atoms with van der Waals surface area (Å²) in [6, 6.07) is 22.6. The van der Waals surface area contributed by atoms with Crippen molar-refractivity contribution in [2.24, 2.45) is 0 Å². The summed E-state index contributed by atoms with van der Waals surface area (Å²) in [7, 11) is -0.758. The largest absolute Gasteiger partial charge is 0.497 e. The summed E-state index contributed by atoms with van der Waals surface area (Å²) in [6.45, 7) is 1.88. The number of sulfonamides is 1. The lowest BCUT2D eigenvalue weighted by Crippen LogP contribution is -2.14. The minimum atomic E-state index is -3.81. The molecule has 3 N–H and O–H groups in total. The van der Waals surface area contributed by atoms with Gasteiger partial charge in [0.2, 0.25) is 5.95 Å². The van der Waals surface area contributed by atoms with Crippen LogP contribution in [0.15, 0.2) is 83.8 Å². The van der Waals surface area contributed by atoms with Gasteiger partial charge in [0, 0.05) is 28.8 Å². The van der Waals surface area contributed by atoms with Crippen LogP contribution in [0.3, 0.4) is 0 Å². The molecule has 0 aliphatic carbocycles. The fraction of sp³-hybridized carbons (Fsp3) is 0.120. The molecule has 1 aromatic heterocycles. The van der Waals surface area contributed by atoms with E-state index in [9.17, 15) is 8.42 Å². The van der Waals surface area contributed by atoms with Crippen molar-refractivity contribution in [3.05, 3.63) is 84.6 Å². The van der Waals surface area contributed by atoms with Crippen LogP contribution in [-0.4, -0.2) is 32.6 Å². The molecule has 180 valence electrons. The first kappa shape index (κ1) is 23.8. The number of hydrogen-bond donors (Lipinski definition) is 3. The molecule has 0 atom stereocenters. The molecule has 4 rings (SSSR count). The fourth-order valence-electron chi connectivity index (χ4n) is 3.31. The predicted octanol–water partition coefficient (Wildman–Crippen LogP) is 5.09. The molecule has 0 bridgehead atoms. The zero-order chi connectivity index (χ0) is 24.8. The van der Waals surface area contributed by atoms with E-state index in [2.05, 4.69) is 25.3 Å². The average molecular weight is 492 g/mol. The number of nitrogens with one attached hydrogen (secondary N) is 3. The first-order chi connectivity index (χ1) is 16.9. The highest BCUT2D eigenvalue weighted by Crippen LogP contribution is 2.26. The van der Waals surface area contributed by atoms with Crippen LogP contribution < -0.4 is 24.8 Å². The highest BCUT2D eigenvalue weighted by Gasteiger charge is 2.19. The van der Waals surface area contributed by atoms with Crippen LogP contribution in [0, 0.1) is 6.92 Å². The number of aromatic nitrogens is 2. The second-order valence-corrected chi connectivity index (χ2v) is 9.18. The van der Waals surface area contributed by atoms with Crippen LogP contribution in [0.2, 0.25) is 0 Å². The number of aryl methyl sites for hydroxylation is 1. The Morgan fingerprint density at radius 3 is 2.06 bits per heavy atom. The minimum Gasteiger partial charge on any atom is -0.497 e. The Bertz CT molecular complexity index is 1410. The first-order valence-electron chi connectivity index (χ1n) is 10.7. The van der Waals surface area contributed by atoms with Crippen molar-refractivity contribution >= 4 is 38.9 Å². The van der Waals surface area contributed by atoms with Gasteiger partial charge in [0.15, 0.2) is 0 Å². The van der Waals surface area contributed by atoms with E-state index in [4.69, 9.17) is 9.47 Å². The third-order valence-corrected chi connectivity index (χ3v) is 6.39. The maximum Gasteiger partial charge on any atom is 0.265 e. The van der Waals surface area contributed by atoms with Crippen molar-refractivity contribution in [2.75, 3.05) is 29.6 Å². The van der Waals surface area contributed by atoms with Crippen LogP contribution in [0.4, 0.5) is 28.8 Å².